The lowest BCUT2D eigenvalue weighted by Crippen LogP contribution is -2.40. The molecule has 2 N–H and O–H groups in total. The molecule has 0 aliphatic heterocycles. The fourth-order valence-corrected chi connectivity index (χ4v) is 2.14. The number of amides is 1. The van der Waals surface area contributed by atoms with E-state index in [9.17, 15) is 9.59 Å². The van der Waals surface area contributed by atoms with Gasteiger partial charge < -0.3 is 15.2 Å². The summed E-state index contributed by atoms with van der Waals surface area (Å²) in [5.41, 5.74) is 1.39. The summed E-state index contributed by atoms with van der Waals surface area (Å²) in [5, 5.41) is 11.6. The number of aliphatic carboxylic acids is 1. The third-order valence-electron chi connectivity index (χ3n) is 3.45. The predicted molar refractivity (Wildman–Crippen MR) is 88.8 cm³/mol. The second-order valence-corrected chi connectivity index (χ2v) is 5.32. The molecule has 2 rings (SSSR count). The summed E-state index contributed by atoms with van der Waals surface area (Å²) in [4.78, 5) is 27.1. The molecular weight excluding hydrogens is 308 g/mol. The van der Waals surface area contributed by atoms with Crippen molar-refractivity contribution < 1.29 is 19.4 Å². The highest BCUT2D eigenvalue weighted by molar-refractivity contribution is 5.96. The molecule has 1 heterocycles. The molecule has 1 aromatic heterocycles. The molecule has 0 spiro atoms. The average molecular weight is 328 g/mol. The van der Waals surface area contributed by atoms with E-state index in [4.69, 9.17) is 9.84 Å². The first-order chi connectivity index (χ1) is 11.6. The Bertz CT molecular complexity index is 671. The summed E-state index contributed by atoms with van der Waals surface area (Å²) in [7, 11) is 0. The molecule has 0 fully saturated rings. The summed E-state index contributed by atoms with van der Waals surface area (Å²) in [5.74, 6) is -0.800. The Morgan fingerprint density at radius 2 is 1.83 bits per heavy atom. The standard InChI is InChI=1S/C18H20N2O4/c1-2-3-16(18(22)23)20-17(21)14-4-6-15(7-5-14)24-12-13-8-10-19-11-9-13/h4-11,16H,2-3,12H2,1H3,(H,20,21)(H,22,23). The van der Waals surface area contributed by atoms with Crippen LogP contribution in [-0.2, 0) is 11.4 Å². The minimum Gasteiger partial charge on any atom is -0.489 e. The lowest BCUT2D eigenvalue weighted by molar-refractivity contribution is -0.139. The normalized spacial score (nSPS) is 11.5. The lowest BCUT2D eigenvalue weighted by atomic mass is 10.1. The molecule has 0 aliphatic rings. The van der Waals surface area contributed by atoms with E-state index in [0.717, 1.165) is 5.56 Å². The molecule has 2 aromatic rings. The molecule has 0 bridgehead atoms. The Morgan fingerprint density at radius 1 is 1.17 bits per heavy atom. The SMILES string of the molecule is CCCC(NC(=O)c1ccc(OCc2ccncc2)cc1)C(=O)O. The van der Waals surface area contributed by atoms with Gasteiger partial charge in [-0.15, -0.1) is 0 Å². The van der Waals surface area contributed by atoms with Gasteiger partial charge >= 0.3 is 5.97 Å². The zero-order valence-corrected chi connectivity index (χ0v) is 13.4. The van der Waals surface area contributed by atoms with Crippen LogP contribution in [0.4, 0.5) is 0 Å². The molecule has 0 radical (unpaired) electrons. The Hall–Kier alpha value is -2.89. The molecule has 0 aliphatic carbocycles. The van der Waals surface area contributed by atoms with Crippen LogP contribution in [0.15, 0.2) is 48.8 Å². The number of rotatable bonds is 8. The van der Waals surface area contributed by atoms with Gasteiger partial charge in [0, 0.05) is 18.0 Å². The van der Waals surface area contributed by atoms with E-state index in [1.54, 1.807) is 36.7 Å². The minimum absolute atomic E-state index is 0.397. The van der Waals surface area contributed by atoms with Gasteiger partial charge in [-0.3, -0.25) is 9.78 Å². The second-order valence-electron chi connectivity index (χ2n) is 5.32. The van der Waals surface area contributed by atoms with Crippen molar-refractivity contribution in [2.24, 2.45) is 0 Å². The summed E-state index contributed by atoms with van der Waals surface area (Å²) in [6, 6.07) is 9.45. The molecule has 1 atom stereocenters. The zero-order valence-electron chi connectivity index (χ0n) is 13.4. The van der Waals surface area contributed by atoms with Gasteiger partial charge in [-0.05, 0) is 48.4 Å². The van der Waals surface area contributed by atoms with Crippen molar-refractivity contribution in [1.82, 2.24) is 10.3 Å². The van der Waals surface area contributed by atoms with Crippen molar-refractivity contribution in [1.29, 1.82) is 0 Å². The number of hydrogen-bond donors (Lipinski definition) is 2. The first kappa shape index (κ1) is 17.5. The maximum absolute atomic E-state index is 12.1. The van der Waals surface area contributed by atoms with Crippen LogP contribution < -0.4 is 10.1 Å². The Morgan fingerprint density at radius 3 is 2.42 bits per heavy atom. The van der Waals surface area contributed by atoms with E-state index in [1.165, 1.54) is 0 Å². The first-order valence-electron chi connectivity index (χ1n) is 7.75. The number of pyridine rings is 1. The number of nitrogens with one attached hydrogen (secondary N) is 1. The molecule has 1 aromatic carbocycles. The number of hydrogen-bond acceptors (Lipinski definition) is 4. The van der Waals surface area contributed by atoms with Crippen LogP contribution in [0.3, 0.4) is 0 Å². The van der Waals surface area contributed by atoms with Crippen LogP contribution >= 0.6 is 0 Å². The molecule has 6 nitrogen and oxygen atoms in total. The van der Waals surface area contributed by atoms with Gasteiger partial charge in [0.15, 0.2) is 0 Å². The van der Waals surface area contributed by atoms with Crippen LogP contribution in [0.5, 0.6) is 5.75 Å². The fraction of sp³-hybridized carbons (Fsp3) is 0.278. The average Bonchev–Trinajstić information content (AvgIpc) is 2.60. The Balaban J connectivity index is 1.93. The first-order valence-corrected chi connectivity index (χ1v) is 7.75. The van der Waals surface area contributed by atoms with Crippen molar-refractivity contribution in [3.05, 3.63) is 59.9 Å². The van der Waals surface area contributed by atoms with E-state index >= 15 is 0 Å². The highest BCUT2D eigenvalue weighted by atomic mass is 16.5. The topological polar surface area (TPSA) is 88.5 Å². The van der Waals surface area contributed by atoms with E-state index in [2.05, 4.69) is 10.3 Å². The van der Waals surface area contributed by atoms with Crippen LogP contribution in [0.25, 0.3) is 0 Å². The van der Waals surface area contributed by atoms with Crippen molar-refractivity contribution in [2.45, 2.75) is 32.4 Å². The predicted octanol–water partition coefficient (Wildman–Crippen LogP) is 2.64. The minimum atomic E-state index is -1.03. The molecule has 24 heavy (non-hydrogen) atoms. The van der Waals surface area contributed by atoms with Gasteiger partial charge in [0.2, 0.25) is 0 Å². The van der Waals surface area contributed by atoms with Gasteiger partial charge in [0.1, 0.15) is 18.4 Å². The summed E-state index contributed by atoms with van der Waals surface area (Å²) < 4.78 is 5.63. The molecule has 126 valence electrons. The quantitative estimate of drug-likeness (QED) is 0.778. The molecule has 0 saturated carbocycles. The summed E-state index contributed by atoms with van der Waals surface area (Å²) in [6.45, 7) is 2.28. The van der Waals surface area contributed by atoms with Gasteiger partial charge in [-0.25, -0.2) is 4.79 Å². The number of carbonyl (C=O) groups excluding carboxylic acids is 1. The highest BCUT2D eigenvalue weighted by Gasteiger charge is 2.19. The van der Waals surface area contributed by atoms with Crippen LogP contribution in [-0.4, -0.2) is 28.0 Å². The number of benzene rings is 1. The van der Waals surface area contributed by atoms with E-state index in [-0.39, 0.29) is 0 Å². The van der Waals surface area contributed by atoms with Gasteiger partial charge in [-0.2, -0.15) is 0 Å². The molecule has 6 heteroatoms. The number of aromatic nitrogens is 1. The zero-order chi connectivity index (χ0) is 17.4. The maximum atomic E-state index is 12.1. The largest absolute Gasteiger partial charge is 0.489 e. The monoisotopic (exact) mass is 328 g/mol. The van der Waals surface area contributed by atoms with Crippen LogP contribution in [0, 0.1) is 0 Å². The van der Waals surface area contributed by atoms with Crippen LogP contribution in [0.2, 0.25) is 0 Å². The second kappa shape index (κ2) is 8.67. The highest BCUT2D eigenvalue weighted by Crippen LogP contribution is 2.14. The third kappa shape index (κ3) is 5.08. The Kier molecular flexibility index (Phi) is 6.31. The Labute approximate surface area is 140 Å². The number of carbonyl (C=O) groups is 2. The molecular formula is C18H20N2O4. The van der Waals surface area contributed by atoms with Gasteiger partial charge in [-0.1, -0.05) is 13.3 Å². The van der Waals surface area contributed by atoms with Crippen molar-refractivity contribution in [2.75, 3.05) is 0 Å². The third-order valence-corrected chi connectivity index (χ3v) is 3.45. The maximum Gasteiger partial charge on any atom is 0.326 e. The van der Waals surface area contributed by atoms with Crippen molar-refractivity contribution in [3.8, 4) is 5.75 Å². The lowest BCUT2D eigenvalue weighted by Gasteiger charge is -2.13. The number of carboxylic acid groups (broad SMARTS) is 1. The molecule has 0 saturated heterocycles. The van der Waals surface area contributed by atoms with Gasteiger partial charge in [0.05, 0.1) is 0 Å². The summed E-state index contributed by atoms with van der Waals surface area (Å²) in [6.07, 6.45) is 4.47. The number of nitrogens with zero attached hydrogens (tertiary/aromatic N) is 1. The van der Waals surface area contributed by atoms with Gasteiger partial charge in [0.25, 0.3) is 5.91 Å². The smallest absolute Gasteiger partial charge is 0.326 e. The van der Waals surface area contributed by atoms with E-state index < -0.39 is 17.9 Å². The number of ether oxygens (including phenoxy) is 1. The fourth-order valence-electron chi connectivity index (χ4n) is 2.14. The van der Waals surface area contributed by atoms with E-state index in [0.29, 0.717) is 30.8 Å². The summed E-state index contributed by atoms with van der Waals surface area (Å²) >= 11 is 0. The van der Waals surface area contributed by atoms with Crippen molar-refractivity contribution in [3.63, 3.8) is 0 Å². The van der Waals surface area contributed by atoms with Crippen LogP contribution in [0.1, 0.15) is 35.7 Å². The van der Waals surface area contributed by atoms with E-state index in [1.807, 2.05) is 19.1 Å². The number of carboxylic acids is 1. The molecule has 1 amide bonds. The van der Waals surface area contributed by atoms with Crippen molar-refractivity contribution >= 4 is 11.9 Å². The molecule has 1 unspecified atom stereocenters.